The molecule has 31 heavy (non-hydrogen) atoms. The molecular formula is C21H20FN5O3S. The quantitative estimate of drug-likeness (QED) is 0.215. The van der Waals surface area contributed by atoms with Crippen LogP contribution in [0.25, 0.3) is 22.6 Å². The van der Waals surface area contributed by atoms with Crippen LogP contribution in [0.2, 0.25) is 0 Å². The van der Waals surface area contributed by atoms with Crippen LogP contribution in [0, 0.1) is 5.82 Å². The van der Waals surface area contributed by atoms with Gasteiger partial charge in [0, 0.05) is 19.2 Å². The van der Waals surface area contributed by atoms with Gasteiger partial charge in [0.05, 0.1) is 11.9 Å². The van der Waals surface area contributed by atoms with Crippen molar-refractivity contribution in [1.82, 2.24) is 24.5 Å². The van der Waals surface area contributed by atoms with Gasteiger partial charge in [-0.3, -0.25) is 0 Å². The van der Waals surface area contributed by atoms with E-state index in [-0.39, 0.29) is 12.5 Å². The van der Waals surface area contributed by atoms with E-state index in [0.717, 1.165) is 17.6 Å². The van der Waals surface area contributed by atoms with Crippen LogP contribution in [-0.4, -0.2) is 31.2 Å². The first-order valence-corrected chi connectivity index (χ1v) is 10.3. The molecule has 0 saturated heterocycles. The van der Waals surface area contributed by atoms with E-state index in [0.29, 0.717) is 34.6 Å². The minimum atomic E-state index is -0.316. The first-order valence-electron chi connectivity index (χ1n) is 9.53. The van der Waals surface area contributed by atoms with Crippen molar-refractivity contribution < 1.29 is 18.3 Å². The van der Waals surface area contributed by atoms with Crippen molar-refractivity contribution in [2.24, 2.45) is 7.05 Å². The molecule has 2 heterocycles. The molecule has 0 fully saturated rings. The van der Waals surface area contributed by atoms with Gasteiger partial charge in [0.2, 0.25) is 0 Å². The Balaban J connectivity index is 1.60. The first-order chi connectivity index (χ1) is 15.2. The molecule has 0 aliphatic rings. The number of nitrogens with zero attached hydrogens (tertiary/aromatic N) is 5. The second kappa shape index (κ2) is 9.73. The maximum Gasteiger partial charge on any atom is 0.200 e. The van der Waals surface area contributed by atoms with E-state index in [2.05, 4.69) is 15.3 Å². The van der Waals surface area contributed by atoms with Gasteiger partial charge in [0.1, 0.15) is 36.0 Å². The van der Waals surface area contributed by atoms with Crippen molar-refractivity contribution in [3.63, 3.8) is 0 Å². The molecule has 0 aliphatic carbocycles. The summed E-state index contributed by atoms with van der Waals surface area (Å²) in [5, 5.41) is 9.13. The topological polar surface area (TPSA) is 76.2 Å². The van der Waals surface area contributed by atoms with Crippen molar-refractivity contribution in [2.45, 2.75) is 18.8 Å². The summed E-state index contributed by atoms with van der Waals surface area (Å²) in [6.07, 6.45) is 1.68. The molecule has 160 valence electrons. The van der Waals surface area contributed by atoms with Crippen molar-refractivity contribution in [3.05, 3.63) is 66.6 Å². The van der Waals surface area contributed by atoms with Gasteiger partial charge in [-0.25, -0.2) is 14.1 Å². The molecule has 0 unspecified atom stereocenters. The van der Waals surface area contributed by atoms with Crippen LogP contribution in [0.5, 0.6) is 5.75 Å². The zero-order valence-electron chi connectivity index (χ0n) is 16.9. The van der Waals surface area contributed by atoms with Gasteiger partial charge in [0.25, 0.3) is 0 Å². The fourth-order valence-corrected chi connectivity index (χ4v) is 3.38. The maximum absolute atomic E-state index is 13.5. The summed E-state index contributed by atoms with van der Waals surface area (Å²) in [7, 11) is 1.84. The molecule has 0 atom stereocenters. The Bertz CT molecular complexity index is 1130. The highest BCUT2D eigenvalue weighted by Gasteiger charge is 2.21. The van der Waals surface area contributed by atoms with Crippen LogP contribution in [0.3, 0.4) is 0 Å². The first kappa shape index (κ1) is 21.0. The number of aromatic nitrogens is 5. The van der Waals surface area contributed by atoms with E-state index < -0.39 is 0 Å². The Kier molecular flexibility index (Phi) is 6.60. The lowest BCUT2D eigenvalue weighted by Gasteiger charge is -2.09. The largest absolute Gasteiger partial charge is 0.359 e. The number of benzene rings is 2. The Labute approximate surface area is 182 Å². The minimum Gasteiger partial charge on any atom is -0.359 e. The summed E-state index contributed by atoms with van der Waals surface area (Å²) in [5.41, 5.74) is 2.78. The zero-order valence-corrected chi connectivity index (χ0v) is 17.8. The van der Waals surface area contributed by atoms with Gasteiger partial charge in [-0.1, -0.05) is 23.4 Å². The SMILES string of the molecule is CCOCn1nnc(-c2cnc(SOOc3ccccc3)n2C)c1-c1ccc(F)cc1. The van der Waals surface area contributed by atoms with Gasteiger partial charge >= 0.3 is 0 Å². The highest BCUT2D eigenvalue weighted by molar-refractivity contribution is 7.94. The van der Waals surface area contributed by atoms with E-state index in [1.165, 1.54) is 12.1 Å². The predicted octanol–water partition coefficient (Wildman–Crippen LogP) is 4.50. The van der Waals surface area contributed by atoms with Crippen LogP contribution in [0.1, 0.15) is 6.92 Å². The Morgan fingerprint density at radius 2 is 1.84 bits per heavy atom. The summed E-state index contributed by atoms with van der Waals surface area (Å²) in [6, 6.07) is 15.3. The highest BCUT2D eigenvalue weighted by atomic mass is 32.2. The molecule has 0 aliphatic heterocycles. The van der Waals surface area contributed by atoms with E-state index in [4.69, 9.17) is 14.0 Å². The fourth-order valence-electron chi connectivity index (χ4n) is 2.90. The molecular weight excluding hydrogens is 421 g/mol. The van der Waals surface area contributed by atoms with Crippen LogP contribution in [0.15, 0.2) is 66.0 Å². The highest BCUT2D eigenvalue weighted by Crippen LogP contribution is 2.32. The normalized spacial score (nSPS) is 11.1. The molecule has 0 N–H and O–H groups in total. The van der Waals surface area contributed by atoms with Crippen molar-refractivity contribution in [2.75, 3.05) is 6.61 Å². The summed E-state index contributed by atoms with van der Waals surface area (Å²) in [5.74, 6) is 0.269. The molecule has 0 saturated carbocycles. The number of halogens is 1. The molecule has 2 aromatic heterocycles. The van der Waals surface area contributed by atoms with Crippen molar-refractivity contribution >= 4 is 12.0 Å². The number of hydrogen-bond acceptors (Lipinski definition) is 7. The third-order valence-electron chi connectivity index (χ3n) is 4.44. The van der Waals surface area contributed by atoms with Crippen LogP contribution < -0.4 is 4.89 Å². The lowest BCUT2D eigenvalue weighted by molar-refractivity contribution is -0.0782. The molecule has 4 rings (SSSR count). The monoisotopic (exact) mass is 441 g/mol. The standard InChI is InChI=1S/C21H20FN5O3S/c1-3-28-14-27-20(15-9-11-16(22)12-10-15)19(24-25-27)18-13-23-21(26(18)2)31-30-29-17-7-5-4-6-8-17/h4-13H,3,14H2,1-2H3. The second-order valence-electron chi connectivity index (χ2n) is 6.45. The third-order valence-corrected chi connectivity index (χ3v) is 5.11. The second-order valence-corrected chi connectivity index (χ2v) is 7.12. The van der Waals surface area contributed by atoms with Crippen molar-refractivity contribution in [1.29, 1.82) is 0 Å². The molecule has 8 nitrogen and oxygen atoms in total. The molecule has 0 bridgehead atoms. The van der Waals surface area contributed by atoms with Gasteiger partial charge in [-0.05, 0) is 43.3 Å². The maximum atomic E-state index is 13.5. The summed E-state index contributed by atoms with van der Waals surface area (Å²) >= 11 is 0.982. The number of para-hydroxylation sites is 1. The molecule has 2 aromatic carbocycles. The number of rotatable bonds is 9. The van der Waals surface area contributed by atoms with Crippen LogP contribution in [0.4, 0.5) is 4.39 Å². The fraction of sp³-hybridized carbons (Fsp3) is 0.190. The number of ether oxygens (including phenoxy) is 1. The van der Waals surface area contributed by atoms with E-state index in [1.807, 2.05) is 36.7 Å². The molecule has 0 radical (unpaired) electrons. The van der Waals surface area contributed by atoms with E-state index in [1.54, 1.807) is 35.1 Å². The molecule has 4 aromatic rings. The van der Waals surface area contributed by atoms with Crippen molar-refractivity contribution in [3.8, 4) is 28.4 Å². The lowest BCUT2D eigenvalue weighted by Crippen LogP contribution is -2.06. The van der Waals surface area contributed by atoms with E-state index >= 15 is 0 Å². The number of imidazole rings is 1. The third kappa shape index (κ3) is 4.76. The van der Waals surface area contributed by atoms with Gasteiger partial charge in [-0.2, -0.15) is 0 Å². The zero-order chi connectivity index (χ0) is 21.6. The van der Waals surface area contributed by atoms with Crippen LogP contribution >= 0.6 is 12.0 Å². The lowest BCUT2D eigenvalue weighted by atomic mass is 10.1. The summed E-state index contributed by atoms with van der Waals surface area (Å²) in [4.78, 5) is 9.65. The minimum absolute atomic E-state index is 0.226. The molecule has 10 heteroatoms. The van der Waals surface area contributed by atoms with Gasteiger partial charge < -0.3 is 14.2 Å². The Hall–Kier alpha value is -3.21. The average Bonchev–Trinajstić information content (AvgIpc) is 3.37. The predicted molar refractivity (Wildman–Crippen MR) is 113 cm³/mol. The number of hydrogen-bond donors (Lipinski definition) is 0. The Morgan fingerprint density at radius 1 is 1.06 bits per heavy atom. The molecule has 0 amide bonds. The van der Waals surface area contributed by atoms with Gasteiger partial charge in [-0.15, -0.1) is 9.43 Å². The summed E-state index contributed by atoms with van der Waals surface area (Å²) in [6.45, 7) is 2.66. The summed E-state index contributed by atoms with van der Waals surface area (Å²) < 4.78 is 27.7. The molecule has 0 spiro atoms. The van der Waals surface area contributed by atoms with Gasteiger partial charge in [0.15, 0.2) is 10.9 Å². The Morgan fingerprint density at radius 3 is 2.58 bits per heavy atom. The smallest absolute Gasteiger partial charge is 0.200 e. The average molecular weight is 441 g/mol. The van der Waals surface area contributed by atoms with E-state index in [9.17, 15) is 4.39 Å². The van der Waals surface area contributed by atoms with Crippen LogP contribution in [-0.2, 0) is 22.8 Å².